The highest BCUT2D eigenvalue weighted by molar-refractivity contribution is 7.10. The summed E-state index contributed by atoms with van der Waals surface area (Å²) in [6, 6.07) is 13.5. The van der Waals surface area contributed by atoms with Crippen LogP contribution in [0.4, 0.5) is 0 Å². The van der Waals surface area contributed by atoms with Gasteiger partial charge < -0.3 is 14.2 Å². The molecule has 5 nitrogen and oxygen atoms in total. The van der Waals surface area contributed by atoms with Crippen LogP contribution in [0.15, 0.2) is 52.4 Å². The van der Waals surface area contributed by atoms with Gasteiger partial charge in [-0.3, -0.25) is 4.79 Å². The van der Waals surface area contributed by atoms with Crippen LogP contribution in [-0.2, 0) is 0 Å². The maximum absolute atomic E-state index is 12.9. The molecule has 0 bridgehead atoms. The number of carbonyl (C=O) groups is 1. The lowest BCUT2D eigenvalue weighted by Crippen LogP contribution is -2.29. The number of methoxy groups -OCH3 is 1. The van der Waals surface area contributed by atoms with Gasteiger partial charge in [0, 0.05) is 23.1 Å². The predicted octanol–water partition coefficient (Wildman–Crippen LogP) is 4.39. The molecule has 0 spiro atoms. The van der Waals surface area contributed by atoms with Crippen molar-refractivity contribution in [1.29, 1.82) is 0 Å². The number of hydrogen-bond acceptors (Lipinski definition) is 5. The Kier molecular flexibility index (Phi) is 4.28. The molecule has 0 unspecified atom stereocenters. The van der Waals surface area contributed by atoms with E-state index in [2.05, 4.69) is 11.2 Å². The first-order valence-corrected chi connectivity index (χ1v) is 9.10. The Bertz CT molecular complexity index is 855. The third kappa shape index (κ3) is 3.05. The summed E-state index contributed by atoms with van der Waals surface area (Å²) in [7, 11) is 1.63. The van der Waals surface area contributed by atoms with Gasteiger partial charge in [-0.15, -0.1) is 11.3 Å². The van der Waals surface area contributed by atoms with Crippen LogP contribution in [0, 0.1) is 0 Å². The van der Waals surface area contributed by atoms with Crippen molar-refractivity contribution in [2.75, 3.05) is 13.7 Å². The standard InChI is InChI=1S/C19H18N2O3S/c1-23-14-8-6-13(7-9-14)15-12-17(24-20-15)19(22)21-10-2-4-16(21)18-5-3-11-25-18/h3,5-9,11-12,16H,2,4,10H2,1H3/t16-/m1/s1. The zero-order valence-electron chi connectivity index (χ0n) is 13.8. The molecule has 1 aliphatic rings. The Hall–Kier alpha value is -2.60. The lowest BCUT2D eigenvalue weighted by molar-refractivity contribution is 0.0695. The molecule has 1 aliphatic heterocycles. The van der Waals surface area contributed by atoms with Crippen LogP contribution in [0.1, 0.15) is 34.3 Å². The topological polar surface area (TPSA) is 55.6 Å². The fourth-order valence-electron chi connectivity index (χ4n) is 3.20. The average Bonchev–Trinajstić information content (AvgIpc) is 3.42. The van der Waals surface area contributed by atoms with E-state index in [1.807, 2.05) is 40.6 Å². The number of benzene rings is 1. The summed E-state index contributed by atoms with van der Waals surface area (Å²) in [5.74, 6) is 0.969. The summed E-state index contributed by atoms with van der Waals surface area (Å²) < 4.78 is 10.5. The molecule has 0 radical (unpaired) electrons. The molecule has 1 atom stereocenters. The highest BCUT2D eigenvalue weighted by Gasteiger charge is 2.33. The summed E-state index contributed by atoms with van der Waals surface area (Å²) in [6.07, 6.45) is 2.00. The summed E-state index contributed by atoms with van der Waals surface area (Å²) in [5, 5.41) is 6.11. The van der Waals surface area contributed by atoms with Crippen molar-refractivity contribution in [2.24, 2.45) is 0 Å². The fraction of sp³-hybridized carbons (Fsp3) is 0.263. The molecule has 6 heteroatoms. The number of rotatable bonds is 4. The minimum Gasteiger partial charge on any atom is -0.497 e. The highest BCUT2D eigenvalue weighted by Crippen LogP contribution is 2.35. The Morgan fingerprint density at radius 2 is 2.16 bits per heavy atom. The quantitative estimate of drug-likeness (QED) is 0.697. The van der Waals surface area contributed by atoms with Crippen LogP contribution in [0.3, 0.4) is 0 Å². The normalized spacial score (nSPS) is 17.0. The molecule has 1 amide bonds. The van der Waals surface area contributed by atoms with Crippen LogP contribution in [0.25, 0.3) is 11.3 Å². The van der Waals surface area contributed by atoms with Gasteiger partial charge in [-0.1, -0.05) is 11.2 Å². The van der Waals surface area contributed by atoms with Crippen LogP contribution in [0.2, 0.25) is 0 Å². The third-order valence-electron chi connectivity index (χ3n) is 4.49. The average molecular weight is 354 g/mol. The number of ether oxygens (including phenoxy) is 1. The minimum atomic E-state index is -0.0943. The second kappa shape index (κ2) is 6.72. The lowest BCUT2D eigenvalue weighted by atomic mass is 10.1. The van der Waals surface area contributed by atoms with Crippen molar-refractivity contribution in [2.45, 2.75) is 18.9 Å². The number of nitrogens with zero attached hydrogens (tertiary/aromatic N) is 2. The Morgan fingerprint density at radius 1 is 1.32 bits per heavy atom. The maximum atomic E-state index is 12.9. The van der Waals surface area contributed by atoms with E-state index in [0.717, 1.165) is 30.7 Å². The molecule has 3 heterocycles. The molecule has 1 fully saturated rings. The first-order chi connectivity index (χ1) is 12.3. The second-order valence-electron chi connectivity index (χ2n) is 5.98. The maximum Gasteiger partial charge on any atom is 0.293 e. The van der Waals surface area contributed by atoms with Crippen molar-refractivity contribution in [3.8, 4) is 17.0 Å². The minimum absolute atomic E-state index is 0.0943. The molecular weight excluding hydrogens is 336 g/mol. The number of carbonyl (C=O) groups excluding carboxylic acids is 1. The summed E-state index contributed by atoms with van der Waals surface area (Å²) >= 11 is 1.69. The van der Waals surface area contributed by atoms with Gasteiger partial charge in [0.1, 0.15) is 11.4 Å². The van der Waals surface area contributed by atoms with Gasteiger partial charge in [-0.2, -0.15) is 0 Å². The van der Waals surface area contributed by atoms with E-state index < -0.39 is 0 Å². The molecular formula is C19H18N2O3S. The third-order valence-corrected chi connectivity index (χ3v) is 5.47. The SMILES string of the molecule is COc1ccc(-c2cc(C(=O)N3CCC[C@@H]3c3cccs3)on2)cc1. The van der Waals surface area contributed by atoms with Crippen molar-refractivity contribution in [3.05, 3.63) is 58.5 Å². The van der Waals surface area contributed by atoms with Gasteiger partial charge in [0.05, 0.1) is 13.2 Å². The van der Waals surface area contributed by atoms with Gasteiger partial charge in [0.2, 0.25) is 5.76 Å². The Balaban J connectivity index is 1.55. The van der Waals surface area contributed by atoms with Crippen molar-refractivity contribution >= 4 is 17.2 Å². The lowest BCUT2D eigenvalue weighted by Gasteiger charge is -2.22. The zero-order valence-corrected chi connectivity index (χ0v) is 14.7. The second-order valence-corrected chi connectivity index (χ2v) is 6.96. The largest absolute Gasteiger partial charge is 0.497 e. The zero-order chi connectivity index (χ0) is 17.2. The molecule has 25 heavy (non-hydrogen) atoms. The van der Waals surface area contributed by atoms with Crippen molar-refractivity contribution in [1.82, 2.24) is 10.1 Å². The van der Waals surface area contributed by atoms with Gasteiger partial charge in [-0.05, 0) is 48.6 Å². The van der Waals surface area contributed by atoms with Crippen molar-refractivity contribution in [3.63, 3.8) is 0 Å². The van der Waals surface area contributed by atoms with E-state index in [4.69, 9.17) is 9.26 Å². The van der Waals surface area contributed by atoms with Gasteiger partial charge in [-0.25, -0.2) is 0 Å². The molecule has 0 aliphatic carbocycles. The van der Waals surface area contributed by atoms with Crippen LogP contribution in [-0.4, -0.2) is 29.6 Å². The molecule has 0 saturated carbocycles. The monoisotopic (exact) mass is 354 g/mol. The van der Waals surface area contributed by atoms with Crippen LogP contribution >= 0.6 is 11.3 Å². The predicted molar refractivity (Wildman–Crippen MR) is 95.8 cm³/mol. The number of amides is 1. The van der Waals surface area contributed by atoms with Crippen LogP contribution < -0.4 is 4.74 Å². The number of aromatic nitrogens is 1. The number of likely N-dealkylation sites (tertiary alicyclic amines) is 1. The molecule has 1 saturated heterocycles. The van der Waals surface area contributed by atoms with E-state index in [-0.39, 0.29) is 17.7 Å². The fourth-order valence-corrected chi connectivity index (χ4v) is 4.08. The number of thiophene rings is 1. The Morgan fingerprint density at radius 3 is 2.88 bits per heavy atom. The van der Waals surface area contributed by atoms with E-state index in [1.165, 1.54) is 4.88 Å². The molecule has 2 aromatic heterocycles. The summed E-state index contributed by atoms with van der Waals surface area (Å²) in [5.41, 5.74) is 1.54. The molecule has 0 N–H and O–H groups in total. The van der Waals surface area contributed by atoms with Gasteiger partial charge >= 0.3 is 0 Å². The van der Waals surface area contributed by atoms with E-state index >= 15 is 0 Å². The molecule has 3 aromatic rings. The Labute approximate surface area is 149 Å². The summed E-state index contributed by atoms with van der Waals surface area (Å²) in [4.78, 5) is 16.0. The first-order valence-electron chi connectivity index (χ1n) is 8.22. The van der Waals surface area contributed by atoms with E-state index in [9.17, 15) is 4.79 Å². The van der Waals surface area contributed by atoms with Crippen molar-refractivity contribution < 1.29 is 14.1 Å². The van der Waals surface area contributed by atoms with Gasteiger partial charge in [0.25, 0.3) is 5.91 Å². The molecule has 4 rings (SSSR count). The molecule has 1 aromatic carbocycles. The number of hydrogen-bond donors (Lipinski definition) is 0. The summed E-state index contributed by atoms with van der Waals surface area (Å²) in [6.45, 7) is 0.750. The van der Waals surface area contributed by atoms with Crippen LogP contribution in [0.5, 0.6) is 5.75 Å². The van der Waals surface area contributed by atoms with E-state index in [1.54, 1.807) is 24.5 Å². The smallest absolute Gasteiger partial charge is 0.293 e. The highest BCUT2D eigenvalue weighted by atomic mass is 32.1. The van der Waals surface area contributed by atoms with Gasteiger partial charge in [0.15, 0.2) is 0 Å². The first kappa shape index (κ1) is 15.9. The van der Waals surface area contributed by atoms with E-state index in [0.29, 0.717) is 5.69 Å². The molecule has 128 valence electrons.